The highest BCUT2D eigenvalue weighted by atomic mass is 79.9. The number of carbonyl (C=O) groups excluding carboxylic acids is 1. The number of hydrogen-bond donors (Lipinski definition) is 0. The van der Waals surface area contributed by atoms with E-state index in [1.54, 1.807) is 11.1 Å². The number of ether oxygens (including phenoxy) is 2. The summed E-state index contributed by atoms with van der Waals surface area (Å²) in [7, 11) is 0. The highest BCUT2D eigenvalue weighted by molar-refractivity contribution is 9.11. The van der Waals surface area contributed by atoms with Crippen molar-refractivity contribution in [3.8, 4) is 0 Å². The molecule has 1 saturated heterocycles. The summed E-state index contributed by atoms with van der Waals surface area (Å²) in [6.07, 6.45) is 1.79. The second kappa shape index (κ2) is 3.61. The molecular weight excluding hydrogens is 200 g/mol. The van der Waals surface area contributed by atoms with Gasteiger partial charge < -0.3 is 9.47 Å². The van der Waals surface area contributed by atoms with Gasteiger partial charge in [0.2, 0.25) is 0 Å². The van der Waals surface area contributed by atoms with Gasteiger partial charge in [-0.3, -0.25) is 0 Å². The average Bonchev–Trinajstić information content (AvgIpc) is 1.88. The van der Waals surface area contributed by atoms with Crippen molar-refractivity contribution in [1.82, 2.24) is 0 Å². The molecule has 0 aliphatic carbocycles. The maximum Gasteiger partial charge on any atom is 0.508 e. The van der Waals surface area contributed by atoms with Crippen molar-refractivity contribution in [2.45, 2.75) is 12.5 Å². The highest BCUT2D eigenvalue weighted by Gasteiger charge is 2.18. The molecule has 10 heavy (non-hydrogen) atoms. The van der Waals surface area contributed by atoms with Crippen LogP contribution in [0.2, 0.25) is 0 Å². The molecule has 56 valence electrons. The van der Waals surface area contributed by atoms with Gasteiger partial charge in [0.05, 0.1) is 6.61 Å². The van der Waals surface area contributed by atoms with Crippen molar-refractivity contribution >= 4 is 22.1 Å². The molecule has 1 unspecified atom stereocenters. The molecule has 0 radical (unpaired) electrons. The Morgan fingerprint density at radius 3 is 3.10 bits per heavy atom. The fourth-order valence-corrected chi connectivity index (χ4v) is 1.03. The Labute approximate surface area is 67.1 Å². The molecule has 1 aliphatic heterocycles. The third kappa shape index (κ3) is 2.02. The third-order valence-electron chi connectivity index (χ3n) is 1.16. The Balaban J connectivity index is 2.39. The van der Waals surface area contributed by atoms with Crippen LogP contribution in [-0.2, 0) is 9.47 Å². The topological polar surface area (TPSA) is 35.5 Å². The lowest BCUT2D eigenvalue weighted by molar-refractivity contribution is -0.00555. The first-order valence-electron chi connectivity index (χ1n) is 2.93. The first-order chi connectivity index (χ1) is 4.83. The lowest BCUT2D eigenvalue weighted by Gasteiger charge is -2.18. The van der Waals surface area contributed by atoms with Crippen molar-refractivity contribution in [3.05, 3.63) is 11.1 Å². The van der Waals surface area contributed by atoms with Gasteiger partial charge in [0.25, 0.3) is 0 Å². The molecule has 0 aromatic heterocycles. The van der Waals surface area contributed by atoms with Crippen molar-refractivity contribution in [2.75, 3.05) is 6.61 Å². The molecule has 4 heteroatoms. The number of hydrogen-bond acceptors (Lipinski definition) is 3. The van der Waals surface area contributed by atoms with E-state index in [9.17, 15) is 4.79 Å². The van der Waals surface area contributed by atoms with Crippen LogP contribution in [-0.4, -0.2) is 18.9 Å². The zero-order chi connectivity index (χ0) is 7.40. The van der Waals surface area contributed by atoms with Crippen molar-refractivity contribution in [2.24, 2.45) is 0 Å². The number of rotatable bonds is 1. The number of carbonyl (C=O) groups is 1. The van der Waals surface area contributed by atoms with E-state index < -0.39 is 6.16 Å². The summed E-state index contributed by atoms with van der Waals surface area (Å²) < 4.78 is 9.29. The van der Waals surface area contributed by atoms with Crippen molar-refractivity contribution in [1.29, 1.82) is 0 Å². The van der Waals surface area contributed by atoms with Crippen LogP contribution in [0.3, 0.4) is 0 Å². The minimum atomic E-state index is -0.582. The van der Waals surface area contributed by atoms with Gasteiger partial charge in [0.1, 0.15) is 6.10 Å². The molecule has 0 bridgehead atoms. The second-order valence-electron chi connectivity index (χ2n) is 1.86. The zero-order valence-corrected chi connectivity index (χ0v) is 6.83. The molecule has 0 amide bonds. The standard InChI is InChI=1S/C6H7BrO3/c7-3-1-5-2-4-9-6(8)10-5/h1,3,5H,2,4H2. The molecule has 0 aromatic rings. The summed E-state index contributed by atoms with van der Waals surface area (Å²) in [5.41, 5.74) is 0. The Kier molecular flexibility index (Phi) is 2.74. The van der Waals surface area contributed by atoms with E-state index in [2.05, 4.69) is 20.7 Å². The minimum Gasteiger partial charge on any atom is -0.434 e. The van der Waals surface area contributed by atoms with Crippen LogP contribution in [0.25, 0.3) is 0 Å². The molecule has 1 atom stereocenters. The molecule has 1 fully saturated rings. The molecule has 1 rings (SSSR count). The predicted octanol–water partition coefficient (Wildman–Crippen LogP) is 1.82. The summed E-state index contributed by atoms with van der Waals surface area (Å²) in [5, 5.41) is 0. The monoisotopic (exact) mass is 206 g/mol. The van der Waals surface area contributed by atoms with Crippen LogP contribution in [0, 0.1) is 0 Å². The highest BCUT2D eigenvalue weighted by Crippen LogP contribution is 2.09. The molecular formula is C6H7BrO3. The summed E-state index contributed by atoms with van der Waals surface area (Å²) in [6, 6.07) is 0. The fraction of sp³-hybridized carbons (Fsp3) is 0.500. The van der Waals surface area contributed by atoms with Gasteiger partial charge in [-0.15, -0.1) is 0 Å². The van der Waals surface area contributed by atoms with Gasteiger partial charge in [-0.1, -0.05) is 15.9 Å². The van der Waals surface area contributed by atoms with Crippen LogP contribution in [0.4, 0.5) is 4.79 Å². The first-order valence-corrected chi connectivity index (χ1v) is 3.85. The number of cyclic esters (lactones) is 2. The van der Waals surface area contributed by atoms with Crippen molar-refractivity contribution < 1.29 is 14.3 Å². The van der Waals surface area contributed by atoms with E-state index in [0.29, 0.717) is 6.61 Å². The van der Waals surface area contributed by atoms with E-state index in [1.165, 1.54) is 0 Å². The molecule has 1 heterocycles. The fourth-order valence-electron chi connectivity index (χ4n) is 0.692. The number of halogens is 1. The quantitative estimate of drug-likeness (QED) is 0.615. The maximum absolute atomic E-state index is 10.5. The van der Waals surface area contributed by atoms with Gasteiger partial charge >= 0.3 is 6.16 Å². The van der Waals surface area contributed by atoms with E-state index in [-0.39, 0.29) is 6.10 Å². The third-order valence-corrected chi connectivity index (χ3v) is 1.46. The Bertz CT molecular complexity index is 155. The van der Waals surface area contributed by atoms with Crippen LogP contribution in [0.5, 0.6) is 0 Å². The Hall–Kier alpha value is -0.510. The molecule has 0 aromatic carbocycles. The summed E-state index contributed by atoms with van der Waals surface area (Å²) in [6.45, 7) is 0.445. The second-order valence-corrected chi connectivity index (χ2v) is 2.39. The van der Waals surface area contributed by atoms with Crippen LogP contribution < -0.4 is 0 Å². The molecule has 0 saturated carbocycles. The van der Waals surface area contributed by atoms with Crippen molar-refractivity contribution in [3.63, 3.8) is 0 Å². The molecule has 1 aliphatic rings. The smallest absolute Gasteiger partial charge is 0.434 e. The maximum atomic E-state index is 10.5. The summed E-state index contributed by atoms with van der Waals surface area (Å²) in [5.74, 6) is 0. The Morgan fingerprint density at radius 1 is 1.70 bits per heavy atom. The van der Waals surface area contributed by atoms with E-state index in [4.69, 9.17) is 4.74 Å². The van der Waals surface area contributed by atoms with E-state index >= 15 is 0 Å². The zero-order valence-electron chi connectivity index (χ0n) is 5.25. The van der Waals surface area contributed by atoms with Gasteiger partial charge in [-0.05, 0) is 11.1 Å². The Morgan fingerprint density at radius 2 is 2.50 bits per heavy atom. The summed E-state index contributed by atoms with van der Waals surface area (Å²) in [4.78, 5) is 12.1. The predicted molar refractivity (Wildman–Crippen MR) is 38.9 cm³/mol. The lowest BCUT2D eigenvalue weighted by atomic mass is 10.2. The summed E-state index contributed by atoms with van der Waals surface area (Å²) >= 11 is 3.09. The van der Waals surface area contributed by atoms with Gasteiger partial charge in [0.15, 0.2) is 0 Å². The molecule has 0 N–H and O–H groups in total. The first kappa shape index (κ1) is 7.60. The van der Waals surface area contributed by atoms with E-state index in [1.807, 2.05) is 0 Å². The normalized spacial score (nSPS) is 26.1. The van der Waals surface area contributed by atoms with Crippen LogP contribution >= 0.6 is 15.9 Å². The van der Waals surface area contributed by atoms with Gasteiger partial charge in [0, 0.05) is 6.42 Å². The molecule has 3 nitrogen and oxygen atoms in total. The minimum absolute atomic E-state index is 0.124. The largest absolute Gasteiger partial charge is 0.508 e. The molecule has 0 spiro atoms. The SMILES string of the molecule is O=C1OCCC(C=CBr)O1. The van der Waals surface area contributed by atoms with E-state index in [0.717, 1.165) is 6.42 Å². The van der Waals surface area contributed by atoms with Gasteiger partial charge in [-0.2, -0.15) is 0 Å². The van der Waals surface area contributed by atoms with Crippen LogP contribution in [0.1, 0.15) is 6.42 Å². The van der Waals surface area contributed by atoms with Gasteiger partial charge in [-0.25, -0.2) is 4.79 Å². The van der Waals surface area contributed by atoms with Crippen LogP contribution in [0.15, 0.2) is 11.1 Å². The lowest BCUT2D eigenvalue weighted by Crippen LogP contribution is -2.25. The average molecular weight is 207 g/mol.